The monoisotopic (exact) mass is 307 g/mol. The van der Waals surface area contributed by atoms with Crippen molar-refractivity contribution < 1.29 is 0 Å². The van der Waals surface area contributed by atoms with Gasteiger partial charge in [-0.2, -0.15) is 5.10 Å². The van der Waals surface area contributed by atoms with E-state index in [4.69, 9.17) is 0 Å². The van der Waals surface area contributed by atoms with Gasteiger partial charge in [-0.05, 0) is 31.5 Å². The summed E-state index contributed by atoms with van der Waals surface area (Å²) in [6, 6.07) is 10.7. The van der Waals surface area contributed by atoms with E-state index in [-0.39, 0.29) is 0 Å². The van der Waals surface area contributed by atoms with E-state index in [9.17, 15) is 0 Å². The zero-order valence-electron chi connectivity index (χ0n) is 10.7. The van der Waals surface area contributed by atoms with E-state index < -0.39 is 0 Å². The van der Waals surface area contributed by atoms with Gasteiger partial charge in [0.25, 0.3) is 0 Å². The molecule has 0 radical (unpaired) electrons. The number of rotatable bonds is 5. The highest BCUT2D eigenvalue weighted by molar-refractivity contribution is 9.10. The normalized spacial score (nSPS) is 11.1. The van der Waals surface area contributed by atoms with Crippen LogP contribution in [0.15, 0.2) is 41.0 Å². The summed E-state index contributed by atoms with van der Waals surface area (Å²) in [4.78, 5) is 0. The number of nitrogens with one attached hydrogen (secondary N) is 1. The van der Waals surface area contributed by atoms with Crippen molar-refractivity contribution in [3.05, 3.63) is 52.3 Å². The molecule has 18 heavy (non-hydrogen) atoms. The molecule has 1 aromatic heterocycles. The molecule has 3 nitrogen and oxygen atoms in total. The van der Waals surface area contributed by atoms with Gasteiger partial charge in [-0.25, -0.2) is 0 Å². The van der Waals surface area contributed by atoms with E-state index in [1.807, 2.05) is 16.9 Å². The van der Waals surface area contributed by atoms with E-state index in [0.29, 0.717) is 6.04 Å². The highest BCUT2D eigenvalue weighted by Gasteiger charge is 2.02. The van der Waals surface area contributed by atoms with E-state index in [1.165, 1.54) is 5.56 Å². The summed E-state index contributed by atoms with van der Waals surface area (Å²) in [5.41, 5.74) is 2.34. The SMILES string of the molecule is CC(C)n1ccc(CNCc2ccccc2Br)n1. The molecule has 0 aliphatic heterocycles. The van der Waals surface area contributed by atoms with Gasteiger partial charge < -0.3 is 5.32 Å². The summed E-state index contributed by atoms with van der Waals surface area (Å²) in [6.07, 6.45) is 2.03. The third kappa shape index (κ3) is 3.43. The molecular weight excluding hydrogens is 290 g/mol. The van der Waals surface area contributed by atoms with Gasteiger partial charge in [0.15, 0.2) is 0 Å². The Labute approximate surface area is 116 Å². The minimum atomic E-state index is 0.419. The third-order valence-electron chi connectivity index (χ3n) is 2.77. The van der Waals surface area contributed by atoms with E-state index in [2.05, 4.69) is 64.5 Å². The largest absolute Gasteiger partial charge is 0.307 e. The molecule has 0 bridgehead atoms. The van der Waals surface area contributed by atoms with Crippen molar-refractivity contribution in [1.82, 2.24) is 15.1 Å². The Morgan fingerprint density at radius 1 is 1.22 bits per heavy atom. The molecule has 0 aliphatic rings. The topological polar surface area (TPSA) is 29.9 Å². The molecule has 0 saturated carbocycles. The van der Waals surface area contributed by atoms with Crippen LogP contribution in [-0.4, -0.2) is 9.78 Å². The van der Waals surface area contributed by atoms with Crippen LogP contribution in [0, 0.1) is 0 Å². The van der Waals surface area contributed by atoms with Crippen LogP contribution in [0.5, 0.6) is 0 Å². The molecule has 2 aromatic rings. The lowest BCUT2D eigenvalue weighted by Crippen LogP contribution is -2.14. The van der Waals surface area contributed by atoms with Crippen molar-refractivity contribution in [3.8, 4) is 0 Å². The molecule has 0 fully saturated rings. The molecule has 0 spiro atoms. The summed E-state index contributed by atoms with van der Waals surface area (Å²) >= 11 is 3.55. The highest BCUT2D eigenvalue weighted by Crippen LogP contribution is 2.15. The second-order valence-corrected chi connectivity index (χ2v) is 5.43. The predicted octanol–water partition coefficient (Wildman–Crippen LogP) is 3.52. The van der Waals surface area contributed by atoms with Gasteiger partial charge in [-0.3, -0.25) is 4.68 Å². The number of benzene rings is 1. The van der Waals surface area contributed by atoms with Crippen molar-refractivity contribution in [2.24, 2.45) is 0 Å². The Morgan fingerprint density at radius 2 is 2.00 bits per heavy atom. The predicted molar refractivity (Wildman–Crippen MR) is 77.3 cm³/mol. The van der Waals surface area contributed by atoms with Crippen LogP contribution in [0.4, 0.5) is 0 Å². The first kappa shape index (κ1) is 13.3. The smallest absolute Gasteiger partial charge is 0.0762 e. The second-order valence-electron chi connectivity index (χ2n) is 4.58. The standard InChI is InChI=1S/C14H18BrN3/c1-11(2)18-8-7-13(17-18)10-16-9-12-5-3-4-6-14(12)15/h3-8,11,16H,9-10H2,1-2H3. The Morgan fingerprint density at radius 3 is 2.67 bits per heavy atom. The van der Waals surface area contributed by atoms with Gasteiger partial charge in [0.2, 0.25) is 0 Å². The lowest BCUT2D eigenvalue weighted by atomic mass is 10.2. The van der Waals surface area contributed by atoms with E-state index >= 15 is 0 Å². The van der Waals surface area contributed by atoms with Gasteiger partial charge in [-0.15, -0.1) is 0 Å². The molecular formula is C14H18BrN3. The molecule has 1 aromatic carbocycles. The van der Waals surface area contributed by atoms with Crippen molar-refractivity contribution in [3.63, 3.8) is 0 Å². The zero-order chi connectivity index (χ0) is 13.0. The molecule has 4 heteroatoms. The van der Waals surface area contributed by atoms with Crippen molar-refractivity contribution in [2.45, 2.75) is 33.0 Å². The van der Waals surface area contributed by atoms with Crippen LogP contribution in [0.25, 0.3) is 0 Å². The third-order valence-corrected chi connectivity index (χ3v) is 3.55. The quantitative estimate of drug-likeness (QED) is 0.916. The minimum Gasteiger partial charge on any atom is -0.307 e. The molecule has 0 unspecified atom stereocenters. The number of hydrogen-bond acceptors (Lipinski definition) is 2. The van der Waals surface area contributed by atoms with Gasteiger partial charge >= 0.3 is 0 Å². The summed E-state index contributed by atoms with van der Waals surface area (Å²) in [5.74, 6) is 0. The van der Waals surface area contributed by atoms with E-state index in [1.54, 1.807) is 0 Å². The Bertz CT molecular complexity index is 505. The van der Waals surface area contributed by atoms with Crippen molar-refractivity contribution in [1.29, 1.82) is 0 Å². The molecule has 1 N–H and O–H groups in total. The minimum absolute atomic E-state index is 0.419. The van der Waals surface area contributed by atoms with Crippen molar-refractivity contribution >= 4 is 15.9 Å². The molecule has 2 rings (SSSR count). The highest BCUT2D eigenvalue weighted by atomic mass is 79.9. The number of halogens is 1. The van der Waals surface area contributed by atoms with Crippen LogP contribution < -0.4 is 5.32 Å². The fourth-order valence-electron chi connectivity index (χ4n) is 1.73. The first-order valence-corrected chi connectivity index (χ1v) is 6.94. The number of aromatic nitrogens is 2. The summed E-state index contributed by atoms with van der Waals surface area (Å²) in [6.45, 7) is 5.90. The van der Waals surface area contributed by atoms with Crippen LogP contribution in [0.1, 0.15) is 31.1 Å². The van der Waals surface area contributed by atoms with Crippen LogP contribution in [0.3, 0.4) is 0 Å². The number of hydrogen-bond donors (Lipinski definition) is 1. The van der Waals surface area contributed by atoms with Gasteiger partial charge in [-0.1, -0.05) is 34.1 Å². The van der Waals surface area contributed by atoms with E-state index in [0.717, 1.165) is 23.3 Å². The first-order valence-electron chi connectivity index (χ1n) is 6.15. The number of nitrogens with zero attached hydrogens (tertiary/aromatic N) is 2. The lowest BCUT2D eigenvalue weighted by Gasteiger charge is -2.06. The van der Waals surface area contributed by atoms with Gasteiger partial charge in [0, 0.05) is 29.8 Å². The summed E-state index contributed by atoms with van der Waals surface area (Å²) in [5, 5.41) is 7.91. The van der Waals surface area contributed by atoms with Crippen LogP contribution in [0.2, 0.25) is 0 Å². The second kappa shape index (κ2) is 6.16. The Balaban J connectivity index is 1.87. The van der Waals surface area contributed by atoms with Crippen LogP contribution in [-0.2, 0) is 13.1 Å². The summed E-state index contributed by atoms with van der Waals surface area (Å²) in [7, 11) is 0. The summed E-state index contributed by atoms with van der Waals surface area (Å²) < 4.78 is 3.13. The molecule has 0 aliphatic carbocycles. The zero-order valence-corrected chi connectivity index (χ0v) is 12.3. The van der Waals surface area contributed by atoms with Gasteiger partial charge in [0.05, 0.1) is 5.69 Å². The lowest BCUT2D eigenvalue weighted by molar-refractivity contribution is 0.521. The maximum absolute atomic E-state index is 4.51. The van der Waals surface area contributed by atoms with Gasteiger partial charge in [0.1, 0.15) is 0 Å². The molecule has 0 atom stereocenters. The average molecular weight is 308 g/mol. The molecule has 1 heterocycles. The Kier molecular flexibility index (Phi) is 4.55. The maximum Gasteiger partial charge on any atom is 0.0762 e. The molecule has 96 valence electrons. The van der Waals surface area contributed by atoms with Crippen molar-refractivity contribution in [2.75, 3.05) is 0 Å². The molecule has 0 saturated heterocycles. The average Bonchev–Trinajstić information content (AvgIpc) is 2.80. The fourth-order valence-corrected chi connectivity index (χ4v) is 2.15. The maximum atomic E-state index is 4.51. The fraction of sp³-hybridized carbons (Fsp3) is 0.357. The Hall–Kier alpha value is -1.13. The first-order chi connectivity index (χ1) is 8.66. The van der Waals surface area contributed by atoms with Crippen LogP contribution >= 0.6 is 15.9 Å². The molecule has 0 amide bonds.